The molecule has 9 N–H and O–H groups in total. The van der Waals surface area contributed by atoms with Gasteiger partial charge in [0, 0.05) is 22.7 Å². The molecule has 8 aromatic rings. The van der Waals surface area contributed by atoms with Crippen LogP contribution >= 0.6 is 46.4 Å². The summed E-state index contributed by atoms with van der Waals surface area (Å²) in [5.41, 5.74) is -3.96. The number of nitrogens with zero attached hydrogens (tertiary/aromatic N) is 14. The Hall–Kier alpha value is -9.50. The molecule has 0 bridgehead atoms. The standard InChI is InChI=1S/C52H34Cl4N18O18S4.Na/c53-29-5-1-3-7-33(29)73-43(75)39(41(71-73)45(77)78)69-67-31-19-25(15-17-35(31)93(81,82)83)57-49-61-47(55)63-51(65-49)59-27-13-11-23(37(21-27)95(87,88)89)9-10-24-12-14-28(22-38(24)96(90,91)92)60-52-64-48(56)62-50(66-52)58-26-16-18-36(94(84,85)86)32(20-26)68-70-40-42(46(79)80)72-74(44(40)76)34-8-4-2-6-30(34)54;/h1-22,39-40H,(H,77,78)(H,79,80)(H,81,82,83)(H,84,85,86)(H,87,88,89)(H,90,91,92)(H2,57,59,61,63,65)(H2,58,60,62,64,66);/q;+1/p-1/b10-9+,69-67?,70-68?;. The zero-order valence-electron chi connectivity index (χ0n) is 47.8. The molecule has 0 fully saturated rings. The van der Waals surface area contributed by atoms with E-state index in [9.17, 15) is 81.3 Å². The molecule has 6 aromatic carbocycles. The van der Waals surface area contributed by atoms with Crippen LogP contribution in [0.25, 0.3) is 12.2 Å². The molecule has 2 atom stereocenters. The summed E-state index contributed by atoms with van der Waals surface area (Å²) < 4.78 is 142. The van der Waals surface area contributed by atoms with Crippen LogP contribution in [0.1, 0.15) is 11.1 Å². The Balaban J connectivity index is 0.0000110. The molecule has 4 heterocycles. The summed E-state index contributed by atoms with van der Waals surface area (Å²) in [5, 5.41) is 55.5. The zero-order chi connectivity index (χ0) is 69.3. The Morgan fingerprint density at radius 3 is 1.14 bits per heavy atom. The second kappa shape index (κ2) is 28.7. The van der Waals surface area contributed by atoms with Crippen LogP contribution in [-0.2, 0) is 59.7 Å². The van der Waals surface area contributed by atoms with Crippen LogP contribution in [0.2, 0.25) is 20.6 Å². The van der Waals surface area contributed by atoms with Gasteiger partial charge in [0.2, 0.25) is 40.4 Å². The van der Waals surface area contributed by atoms with Gasteiger partial charge in [-0.05, 0) is 119 Å². The molecule has 2 aliphatic heterocycles. The molecule has 2 aromatic heterocycles. The van der Waals surface area contributed by atoms with Gasteiger partial charge < -0.3 is 36.3 Å². The van der Waals surface area contributed by atoms with Crippen LogP contribution in [0.15, 0.2) is 172 Å². The first-order chi connectivity index (χ1) is 45.2. The fourth-order valence-corrected chi connectivity index (χ4v) is 12.0. The molecule has 0 radical (unpaired) electrons. The van der Waals surface area contributed by atoms with Crippen molar-refractivity contribution in [2.24, 2.45) is 30.7 Å². The first-order valence-electron chi connectivity index (χ1n) is 25.8. The van der Waals surface area contributed by atoms with E-state index in [2.05, 4.69) is 81.8 Å². The van der Waals surface area contributed by atoms with E-state index >= 15 is 0 Å². The number of carbonyl (C=O) groups is 4. The Labute approximate surface area is 586 Å². The second-order valence-electron chi connectivity index (χ2n) is 19.1. The molecule has 0 spiro atoms. The Bertz CT molecular complexity index is 4960. The maximum atomic E-state index is 13.4. The number of rotatable bonds is 22. The molecule has 492 valence electrons. The quantitative estimate of drug-likeness (QED) is 0.0197. The number of para-hydroxylation sites is 2. The average molecular weight is 1490 g/mol. The third kappa shape index (κ3) is 16.8. The molecular formula is C52H33Cl4N18NaO18S4. The van der Waals surface area contributed by atoms with Gasteiger partial charge in [0.05, 0.1) is 27.4 Å². The molecule has 2 aliphatic rings. The first kappa shape index (κ1) is 71.8. The van der Waals surface area contributed by atoms with Crippen molar-refractivity contribution in [3.05, 3.63) is 153 Å². The number of amides is 2. The van der Waals surface area contributed by atoms with Crippen molar-refractivity contribution < 1.29 is 111 Å². The van der Waals surface area contributed by atoms with E-state index in [1.807, 2.05) is 0 Å². The van der Waals surface area contributed by atoms with Crippen molar-refractivity contribution in [2.75, 3.05) is 31.3 Å². The van der Waals surface area contributed by atoms with E-state index < -0.39 is 129 Å². The number of carbonyl (C=O) groups excluding carboxylic acids is 3. The van der Waals surface area contributed by atoms with Gasteiger partial charge in [-0.15, -0.1) is 0 Å². The van der Waals surface area contributed by atoms with E-state index in [-0.39, 0.29) is 109 Å². The van der Waals surface area contributed by atoms with E-state index in [4.69, 9.17) is 46.4 Å². The summed E-state index contributed by atoms with van der Waals surface area (Å²) in [4.78, 5) is 71.7. The van der Waals surface area contributed by atoms with Crippen molar-refractivity contribution in [3.8, 4) is 0 Å². The number of aliphatic carboxylic acids is 2. The number of aromatic nitrogens is 6. The molecule has 36 nitrogen and oxygen atoms in total. The maximum Gasteiger partial charge on any atom is 1.00 e. The first-order valence-corrected chi connectivity index (χ1v) is 33.1. The van der Waals surface area contributed by atoms with E-state index in [0.717, 1.165) is 72.8 Å². The minimum atomic E-state index is -5.12. The fraction of sp³-hybridized carbons (Fsp3) is 0.0385. The van der Waals surface area contributed by atoms with Gasteiger partial charge >= 0.3 is 35.5 Å². The Morgan fingerprint density at radius 1 is 0.474 bits per heavy atom. The van der Waals surface area contributed by atoms with Crippen LogP contribution in [0.5, 0.6) is 0 Å². The van der Waals surface area contributed by atoms with E-state index in [1.54, 1.807) is 6.07 Å². The number of carboxylic acids is 2. The van der Waals surface area contributed by atoms with Gasteiger partial charge in [-0.2, -0.15) is 104 Å². The molecule has 0 aliphatic carbocycles. The summed E-state index contributed by atoms with van der Waals surface area (Å²) in [6.45, 7) is 0. The summed E-state index contributed by atoms with van der Waals surface area (Å²) in [7, 11) is -20.4. The van der Waals surface area contributed by atoms with E-state index in [1.165, 1.54) is 54.6 Å². The van der Waals surface area contributed by atoms with Gasteiger partial charge in [0.15, 0.2) is 11.8 Å². The zero-order valence-corrected chi connectivity index (χ0v) is 56.1. The van der Waals surface area contributed by atoms with Gasteiger partial charge in [0.1, 0.15) is 36.7 Å². The molecule has 97 heavy (non-hydrogen) atoms. The number of benzene rings is 6. The van der Waals surface area contributed by atoms with E-state index in [0.29, 0.717) is 10.0 Å². The largest absolute Gasteiger partial charge is 1.00 e. The molecule has 10 rings (SSSR count). The number of hydrogen-bond donors (Lipinski definition) is 9. The van der Waals surface area contributed by atoms with Crippen LogP contribution < -0.4 is 65.9 Å². The summed E-state index contributed by atoms with van der Waals surface area (Å²) >= 11 is 24.8. The minimum absolute atomic E-state index is 0. The number of hydrogen-bond acceptors (Lipinski definition) is 29. The molecule has 0 saturated heterocycles. The smallest absolute Gasteiger partial charge is 0.543 e. The van der Waals surface area contributed by atoms with Crippen LogP contribution in [-0.4, -0.2) is 134 Å². The third-order valence-electron chi connectivity index (χ3n) is 12.7. The normalized spacial score (nSPS) is 15.2. The van der Waals surface area contributed by atoms with Crippen molar-refractivity contribution in [3.63, 3.8) is 0 Å². The second-order valence-corrected chi connectivity index (χ2v) is 26.2. The molecule has 45 heteroatoms. The maximum absolute atomic E-state index is 13.4. The average Bonchev–Trinajstić information content (AvgIpc) is 1.66. The predicted molar refractivity (Wildman–Crippen MR) is 339 cm³/mol. The minimum Gasteiger partial charge on any atom is -0.543 e. The number of anilines is 10. The number of azo groups is 2. The van der Waals surface area contributed by atoms with Crippen molar-refractivity contribution in [2.45, 2.75) is 31.7 Å². The number of hydrazone groups is 2. The predicted octanol–water partition coefficient (Wildman–Crippen LogP) is 4.35. The molecule has 0 saturated carbocycles. The van der Waals surface area contributed by atoms with Crippen molar-refractivity contribution in [1.29, 1.82) is 0 Å². The monoisotopic (exact) mass is 1490 g/mol. The van der Waals surface area contributed by atoms with Gasteiger partial charge in [0.25, 0.3) is 52.3 Å². The topological polar surface area (TPSA) is 535 Å². The molecule has 2 amide bonds. The SMILES string of the molecule is O=C([O-])C1=NN(c2ccccc2Cl)C(=O)C1N=Nc1cc(Nc2nc(Cl)nc(Nc3ccc(/C=C/c4ccc(Nc5nc(Cl)nc(Nc6ccc(S(=O)(=O)O)c(N=NC7C(=O)N(c8ccccc8Cl)N=C7C(=O)O)c6)n5)cc4S(=O)(=O)O)c(S(=O)(=O)O)c3)n2)ccc1S(=O)(=O)O.[Na+]. The van der Waals surface area contributed by atoms with Crippen LogP contribution in [0, 0.1) is 0 Å². The van der Waals surface area contributed by atoms with Crippen LogP contribution in [0.3, 0.4) is 0 Å². The summed E-state index contributed by atoms with van der Waals surface area (Å²) in [6, 6.07) is 20.2. The van der Waals surface area contributed by atoms with Crippen molar-refractivity contribution in [1.82, 2.24) is 29.9 Å². The van der Waals surface area contributed by atoms with Crippen LogP contribution in [0.4, 0.5) is 69.3 Å². The van der Waals surface area contributed by atoms with Crippen molar-refractivity contribution >= 4 is 203 Å². The van der Waals surface area contributed by atoms with Gasteiger partial charge in [-0.25, -0.2) is 4.79 Å². The molecular weight excluding hydrogens is 1460 g/mol. The summed E-state index contributed by atoms with van der Waals surface area (Å²) in [5.74, 6) is -7.22. The van der Waals surface area contributed by atoms with Gasteiger partial charge in [-0.1, -0.05) is 71.8 Å². The Kier molecular flexibility index (Phi) is 21.2. The summed E-state index contributed by atoms with van der Waals surface area (Å²) in [6.07, 6.45) is 2.13. The third-order valence-corrected chi connectivity index (χ3v) is 17.3. The number of carboxylic acid groups (broad SMARTS) is 2. The number of halogens is 4. The Morgan fingerprint density at radius 2 is 0.804 bits per heavy atom. The fourth-order valence-electron chi connectivity index (χ4n) is 8.59. The number of nitrogens with one attached hydrogen (secondary N) is 4. The molecule has 2 unspecified atom stereocenters. The van der Waals surface area contributed by atoms with Gasteiger partial charge in [-0.3, -0.25) is 27.8 Å².